The highest BCUT2D eigenvalue weighted by atomic mass is 32.2. The molecule has 1 N–H and O–H groups in total. The summed E-state index contributed by atoms with van der Waals surface area (Å²) in [7, 11) is -3.74. The first-order valence-corrected chi connectivity index (χ1v) is 14.5. The van der Waals surface area contributed by atoms with E-state index in [1.54, 1.807) is 13.0 Å². The zero-order chi connectivity index (χ0) is 26.5. The highest BCUT2D eigenvalue weighted by Gasteiger charge is 2.31. The number of carbonyl (C=O) groups excluding carboxylic acids is 2. The molecule has 36 heavy (non-hydrogen) atoms. The number of nitrogens with one attached hydrogen (secondary N) is 1. The van der Waals surface area contributed by atoms with Crippen molar-refractivity contribution in [2.75, 3.05) is 17.1 Å². The van der Waals surface area contributed by atoms with Crippen molar-refractivity contribution in [3.8, 4) is 0 Å². The van der Waals surface area contributed by atoms with Crippen molar-refractivity contribution < 1.29 is 18.0 Å². The van der Waals surface area contributed by atoms with Gasteiger partial charge in [-0.1, -0.05) is 66.8 Å². The Bertz CT molecular complexity index is 1190. The Balaban J connectivity index is 1.89. The Labute approximate surface area is 215 Å². The van der Waals surface area contributed by atoms with E-state index >= 15 is 0 Å². The van der Waals surface area contributed by atoms with Gasteiger partial charge in [-0.15, -0.1) is 0 Å². The third-order valence-corrected chi connectivity index (χ3v) is 7.98. The molecule has 0 spiro atoms. The molecule has 2 aromatic rings. The van der Waals surface area contributed by atoms with Crippen LogP contribution in [0.5, 0.6) is 0 Å². The van der Waals surface area contributed by atoms with Gasteiger partial charge in [-0.25, -0.2) is 8.42 Å². The van der Waals surface area contributed by atoms with Crippen LogP contribution in [-0.2, 0) is 26.2 Å². The summed E-state index contributed by atoms with van der Waals surface area (Å²) in [6, 6.07) is 12.6. The number of anilines is 1. The van der Waals surface area contributed by atoms with Gasteiger partial charge < -0.3 is 10.2 Å². The third-order valence-electron chi connectivity index (χ3n) is 6.85. The van der Waals surface area contributed by atoms with Crippen LogP contribution in [0.4, 0.5) is 5.69 Å². The summed E-state index contributed by atoms with van der Waals surface area (Å²) in [5.41, 5.74) is 4.17. The molecule has 0 heterocycles. The van der Waals surface area contributed by atoms with Crippen molar-refractivity contribution in [3.63, 3.8) is 0 Å². The Kier molecular flexibility index (Phi) is 9.17. The lowest BCUT2D eigenvalue weighted by Crippen LogP contribution is -2.53. The van der Waals surface area contributed by atoms with Crippen LogP contribution in [0.25, 0.3) is 0 Å². The number of aryl methyl sites for hydroxylation is 3. The first kappa shape index (κ1) is 27.7. The Morgan fingerprint density at radius 3 is 2.28 bits per heavy atom. The largest absolute Gasteiger partial charge is 0.352 e. The van der Waals surface area contributed by atoms with Gasteiger partial charge in [-0.05, 0) is 57.7 Å². The van der Waals surface area contributed by atoms with E-state index in [1.807, 2.05) is 57.2 Å². The van der Waals surface area contributed by atoms with E-state index in [1.165, 1.54) is 11.3 Å². The minimum absolute atomic E-state index is 0.118. The fourth-order valence-electron chi connectivity index (χ4n) is 4.84. The molecule has 0 saturated heterocycles. The summed E-state index contributed by atoms with van der Waals surface area (Å²) in [5, 5.41) is 3.12. The summed E-state index contributed by atoms with van der Waals surface area (Å²) >= 11 is 0. The second-order valence-corrected chi connectivity index (χ2v) is 12.0. The predicted molar refractivity (Wildman–Crippen MR) is 144 cm³/mol. The number of benzene rings is 2. The molecule has 0 radical (unpaired) electrons. The standard InChI is InChI=1S/C28H39N3O4S/c1-20-10-9-11-24(17-20)18-30(23(4)28(33)29-25-12-7-6-8-13-25)27(32)19-31(36(5,34)35)26-15-14-21(2)16-22(26)3/h9-11,14-17,23,25H,6-8,12-13,18-19H2,1-5H3,(H,29,33)/t23-/m0/s1. The average molecular weight is 514 g/mol. The van der Waals surface area contributed by atoms with E-state index in [0.29, 0.717) is 5.69 Å². The average Bonchev–Trinajstić information content (AvgIpc) is 2.81. The lowest BCUT2D eigenvalue weighted by atomic mass is 9.95. The summed E-state index contributed by atoms with van der Waals surface area (Å²) in [6.45, 7) is 7.28. The molecule has 196 valence electrons. The second-order valence-electron chi connectivity index (χ2n) is 10.1. The molecule has 1 fully saturated rings. The molecule has 1 atom stereocenters. The van der Waals surface area contributed by atoms with E-state index in [2.05, 4.69) is 5.32 Å². The van der Waals surface area contributed by atoms with E-state index < -0.39 is 22.0 Å². The molecule has 0 bridgehead atoms. The maximum absolute atomic E-state index is 13.7. The molecule has 2 aromatic carbocycles. The van der Waals surface area contributed by atoms with Crippen LogP contribution in [-0.4, -0.2) is 50.0 Å². The van der Waals surface area contributed by atoms with Gasteiger partial charge in [0.15, 0.2) is 0 Å². The van der Waals surface area contributed by atoms with Gasteiger partial charge in [0, 0.05) is 12.6 Å². The SMILES string of the molecule is Cc1cccc(CN(C(=O)CN(c2ccc(C)cc2C)S(C)(=O)=O)[C@@H](C)C(=O)NC2CCCCC2)c1. The van der Waals surface area contributed by atoms with Crippen LogP contribution < -0.4 is 9.62 Å². The molecule has 7 nitrogen and oxygen atoms in total. The van der Waals surface area contributed by atoms with E-state index in [0.717, 1.165) is 58.5 Å². The highest BCUT2D eigenvalue weighted by Crippen LogP contribution is 2.24. The molecule has 0 unspecified atom stereocenters. The van der Waals surface area contributed by atoms with Crippen LogP contribution in [0, 0.1) is 20.8 Å². The molecule has 1 saturated carbocycles. The van der Waals surface area contributed by atoms with Gasteiger partial charge in [-0.3, -0.25) is 13.9 Å². The second kappa shape index (κ2) is 11.9. The molecule has 8 heteroatoms. The summed E-state index contributed by atoms with van der Waals surface area (Å²) in [5.74, 6) is -0.631. The topological polar surface area (TPSA) is 86.8 Å². The first-order chi connectivity index (χ1) is 17.0. The minimum atomic E-state index is -3.74. The minimum Gasteiger partial charge on any atom is -0.352 e. The lowest BCUT2D eigenvalue weighted by Gasteiger charge is -2.33. The van der Waals surface area contributed by atoms with Crippen LogP contribution in [0.3, 0.4) is 0 Å². The van der Waals surface area contributed by atoms with Gasteiger partial charge in [-0.2, -0.15) is 0 Å². The maximum Gasteiger partial charge on any atom is 0.244 e. The lowest BCUT2D eigenvalue weighted by molar-refractivity contribution is -0.139. The summed E-state index contributed by atoms with van der Waals surface area (Å²) in [6.07, 6.45) is 6.34. The zero-order valence-electron chi connectivity index (χ0n) is 22.1. The van der Waals surface area contributed by atoms with Gasteiger partial charge >= 0.3 is 0 Å². The Morgan fingerprint density at radius 1 is 1.00 bits per heavy atom. The zero-order valence-corrected chi connectivity index (χ0v) is 22.9. The fourth-order valence-corrected chi connectivity index (χ4v) is 5.75. The number of rotatable bonds is 9. The van der Waals surface area contributed by atoms with E-state index in [9.17, 15) is 18.0 Å². The van der Waals surface area contributed by atoms with Crippen molar-refractivity contribution in [2.45, 2.75) is 78.4 Å². The molecular weight excluding hydrogens is 474 g/mol. The quantitative estimate of drug-likeness (QED) is 0.543. The Hall–Kier alpha value is -2.87. The molecule has 3 rings (SSSR count). The van der Waals surface area contributed by atoms with Crippen LogP contribution >= 0.6 is 0 Å². The van der Waals surface area contributed by atoms with Gasteiger partial charge in [0.1, 0.15) is 12.6 Å². The summed E-state index contributed by atoms with van der Waals surface area (Å²) < 4.78 is 26.7. The number of hydrogen-bond donors (Lipinski definition) is 1. The monoisotopic (exact) mass is 513 g/mol. The van der Waals surface area contributed by atoms with Crippen molar-refractivity contribution >= 4 is 27.5 Å². The van der Waals surface area contributed by atoms with E-state index in [-0.39, 0.29) is 25.0 Å². The number of hydrogen-bond acceptors (Lipinski definition) is 4. The van der Waals surface area contributed by atoms with Crippen molar-refractivity contribution in [2.24, 2.45) is 0 Å². The first-order valence-electron chi connectivity index (χ1n) is 12.7. The molecule has 2 amide bonds. The molecule has 1 aliphatic carbocycles. The smallest absolute Gasteiger partial charge is 0.244 e. The molecular formula is C28H39N3O4S. The number of nitrogens with zero attached hydrogens (tertiary/aromatic N) is 2. The van der Waals surface area contributed by atoms with Gasteiger partial charge in [0.25, 0.3) is 0 Å². The third kappa shape index (κ3) is 7.32. The molecule has 0 aromatic heterocycles. The summed E-state index contributed by atoms with van der Waals surface area (Å²) in [4.78, 5) is 28.4. The van der Waals surface area contributed by atoms with Crippen molar-refractivity contribution in [1.29, 1.82) is 0 Å². The number of carbonyl (C=O) groups is 2. The van der Waals surface area contributed by atoms with Crippen LogP contribution in [0.1, 0.15) is 61.3 Å². The normalized spacial score (nSPS) is 15.2. The van der Waals surface area contributed by atoms with Gasteiger partial charge in [0.05, 0.1) is 11.9 Å². The van der Waals surface area contributed by atoms with Crippen LogP contribution in [0.2, 0.25) is 0 Å². The van der Waals surface area contributed by atoms with Crippen LogP contribution in [0.15, 0.2) is 42.5 Å². The predicted octanol–water partition coefficient (Wildman–Crippen LogP) is 4.24. The van der Waals surface area contributed by atoms with Crippen molar-refractivity contribution in [1.82, 2.24) is 10.2 Å². The fraction of sp³-hybridized carbons (Fsp3) is 0.500. The van der Waals surface area contributed by atoms with E-state index in [4.69, 9.17) is 0 Å². The molecule has 1 aliphatic rings. The van der Waals surface area contributed by atoms with Crippen molar-refractivity contribution in [3.05, 3.63) is 64.7 Å². The van der Waals surface area contributed by atoms with Gasteiger partial charge in [0.2, 0.25) is 21.8 Å². The highest BCUT2D eigenvalue weighted by molar-refractivity contribution is 7.92. The number of amides is 2. The Morgan fingerprint density at radius 2 is 1.67 bits per heavy atom. The maximum atomic E-state index is 13.7. The molecule has 0 aliphatic heterocycles. The number of sulfonamides is 1.